The molecule has 23 heavy (non-hydrogen) atoms. The predicted molar refractivity (Wildman–Crippen MR) is 95.1 cm³/mol. The Bertz CT molecular complexity index is 857. The Balaban J connectivity index is 1.90. The fourth-order valence-corrected chi connectivity index (χ4v) is 4.22. The molecule has 0 bridgehead atoms. The number of carbonyl (C=O) groups excluding carboxylic acids is 1. The van der Waals surface area contributed by atoms with Crippen LogP contribution in [-0.2, 0) is 13.0 Å². The lowest BCUT2D eigenvalue weighted by Crippen LogP contribution is -2.13. The van der Waals surface area contributed by atoms with Gasteiger partial charge >= 0.3 is 0 Å². The molecular weight excluding hydrogens is 302 g/mol. The highest BCUT2D eigenvalue weighted by atomic mass is 32.1. The van der Waals surface area contributed by atoms with Crippen molar-refractivity contribution in [2.45, 2.75) is 26.8 Å². The lowest BCUT2D eigenvalue weighted by atomic mass is 9.88. The molecule has 3 heterocycles. The molecular formula is C20H19NOS. The Hall–Kier alpha value is -2.13. The van der Waals surface area contributed by atoms with Crippen molar-refractivity contribution in [2.75, 3.05) is 0 Å². The molecule has 2 aromatic heterocycles. The summed E-state index contributed by atoms with van der Waals surface area (Å²) in [4.78, 5) is 13.8. The number of nitrogens with zero attached hydrogens (tertiary/aromatic N) is 1. The molecule has 0 saturated heterocycles. The molecule has 0 spiro atoms. The monoisotopic (exact) mass is 321 g/mol. The maximum absolute atomic E-state index is 13.0. The van der Waals surface area contributed by atoms with Gasteiger partial charge in [0.1, 0.15) is 0 Å². The van der Waals surface area contributed by atoms with Gasteiger partial charge in [-0.3, -0.25) is 4.79 Å². The minimum Gasteiger partial charge on any atom is -0.349 e. The third kappa shape index (κ3) is 2.45. The smallest absolute Gasteiger partial charge is 0.205 e. The zero-order valence-electron chi connectivity index (χ0n) is 13.4. The molecule has 0 amide bonds. The number of benzene rings is 1. The second-order valence-electron chi connectivity index (χ2n) is 7.01. The topological polar surface area (TPSA) is 22.0 Å². The molecule has 0 saturated carbocycles. The first kappa shape index (κ1) is 14.5. The summed E-state index contributed by atoms with van der Waals surface area (Å²) in [5.41, 5.74) is 4.64. The summed E-state index contributed by atoms with van der Waals surface area (Å²) in [6.07, 6.45) is 3.07. The van der Waals surface area contributed by atoms with Crippen LogP contribution in [0, 0.1) is 5.41 Å². The summed E-state index contributed by atoms with van der Waals surface area (Å²) in [5.74, 6) is 0.138. The van der Waals surface area contributed by atoms with Crippen LogP contribution in [0.1, 0.15) is 34.8 Å². The molecule has 3 heteroatoms. The molecule has 116 valence electrons. The Morgan fingerprint density at radius 2 is 1.91 bits per heavy atom. The Labute approximate surface area is 140 Å². The molecule has 2 nitrogen and oxygen atoms in total. The zero-order valence-corrected chi connectivity index (χ0v) is 14.2. The molecule has 0 unspecified atom stereocenters. The minimum atomic E-state index is 0.138. The highest BCUT2D eigenvalue weighted by Gasteiger charge is 2.34. The van der Waals surface area contributed by atoms with Crippen molar-refractivity contribution in [3.63, 3.8) is 0 Å². The van der Waals surface area contributed by atoms with Crippen molar-refractivity contribution in [1.82, 2.24) is 4.57 Å². The van der Waals surface area contributed by atoms with Crippen LogP contribution in [0.15, 0.2) is 54.0 Å². The van der Waals surface area contributed by atoms with Gasteiger partial charge in [0, 0.05) is 29.6 Å². The molecule has 4 rings (SSSR count). The van der Waals surface area contributed by atoms with E-state index in [1.807, 2.05) is 35.7 Å². The number of hydrogen-bond donors (Lipinski definition) is 0. The quantitative estimate of drug-likeness (QED) is 0.620. The van der Waals surface area contributed by atoms with Gasteiger partial charge in [0.15, 0.2) is 0 Å². The van der Waals surface area contributed by atoms with E-state index in [0.717, 1.165) is 34.5 Å². The van der Waals surface area contributed by atoms with E-state index < -0.39 is 0 Å². The van der Waals surface area contributed by atoms with Crippen molar-refractivity contribution >= 4 is 17.1 Å². The van der Waals surface area contributed by atoms with Gasteiger partial charge < -0.3 is 4.57 Å². The third-order valence-electron chi connectivity index (χ3n) is 4.49. The molecule has 0 radical (unpaired) electrons. The van der Waals surface area contributed by atoms with Gasteiger partial charge in [0.2, 0.25) is 5.78 Å². The largest absolute Gasteiger partial charge is 0.349 e. The average Bonchev–Trinajstić information content (AvgIpc) is 3.21. The SMILES string of the molecule is CC1(C)Cc2c(-c3ccccc3)c(C(=O)c3cccs3)cn2C1. The molecule has 3 aromatic rings. The van der Waals surface area contributed by atoms with Crippen LogP contribution in [0.4, 0.5) is 0 Å². The van der Waals surface area contributed by atoms with Crippen LogP contribution < -0.4 is 0 Å². The van der Waals surface area contributed by atoms with E-state index in [0.29, 0.717) is 0 Å². The second-order valence-corrected chi connectivity index (χ2v) is 7.95. The first-order chi connectivity index (χ1) is 11.1. The fourth-order valence-electron chi connectivity index (χ4n) is 3.54. The lowest BCUT2D eigenvalue weighted by Gasteiger charge is -2.16. The van der Waals surface area contributed by atoms with Crippen LogP contribution in [0.25, 0.3) is 11.1 Å². The van der Waals surface area contributed by atoms with Gasteiger partial charge in [0.05, 0.1) is 4.88 Å². The van der Waals surface area contributed by atoms with Crippen LogP contribution in [0.3, 0.4) is 0 Å². The van der Waals surface area contributed by atoms with Crippen molar-refractivity contribution < 1.29 is 4.79 Å². The van der Waals surface area contributed by atoms with Crippen LogP contribution in [0.2, 0.25) is 0 Å². The van der Waals surface area contributed by atoms with E-state index in [1.165, 1.54) is 17.0 Å². The number of rotatable bonds is 3. The van der Waals surface area contributed by atoms with Crippen molar-refractivity contribution in [2.24, 2.45) is 5.41 Å². The van der Waals surface area contributed by atoms with Crippen molar-refractivity contribution in [3.8, 4) is 11.1 Å². The van der Waals surface area contributed by atoms with Crippen molar-refractivity contribution in [3.05, 3.63) is 70.2 Å². The minimum absolute atomic E-state index is 0.138. The summed E-state index contributed by atoms with van der Waals surface area (Å²) in [6, 6.07) is 14.2. The fraction of sp³-hybridized carbons (Fsp3) is 0.250. The van der Waals surface area contributed by atoms with E-state index in [1.54, 1.807) is 0 Å². The Kier molecular flexibility index (Phi) is 3.27. The number of hydrogen-bond acceptors (Lipinski definition) is 2. The molecule has 1 aliphatic rings. The van der Waals surface area contributed by atoms with Gasteiger partial charge in [-0.2, -0.15) is 0 Å². The number of thiophene rings is 1. The second kappa shape index (κ2) is 5.20. The maximum atomic E-state index is 13.0. The number of carbonyl (C=O) groups is 1. The Morgan fingerprint density at radius 3 is 2.61 bits per heavy atom. The van der Waals surface area contributed by atoms with Gasteiger partial charge in [-0.1, -0.05) is 50.2 Å². The third-order valence-corrected chi connectivity index (χ3v) is 5.35. The normalized spacial score (nSPS) is 15.6. The molecule has 0 atom stereocenters. The van der Waals surface area contributed by atoms with Crippen LogP contribution in [-0.4, -0.2) is 10.4 Å². The highest BCUT2D eigenvalue weighted by Crippen LogP contribution is 2.41. The standard InChI is InChI=1S/C20H19NOS/c1-20(2)11-16-18(14-7-4-3-5-8-14)15(12-21(16)13-20)19(22)17-9-6-10-23-17/h3-10,12H,11,13H2,1-2H3. The van der Waals surface area contributed by atoms with E-state index in [4.69, 9.17) is 0 Å². The predicted octanol–water partition coefficient (Wildman–Crippen LogP) is 5.03. The summed E-state index contributed by atoms with van der Waals surface area (Å²) >= 11 is 1.51. The number of aromatic nitrogens is 1. The van der Waals surface area contributed by atoms with Gasteiger partial charge in [0.25, 0.3) is 0 Å². The molecule has 1 aromatic carbocycles. The number of ketones is 1. The zero-order chi connectivity index (χ0) is 16.0. The van der Waals surface area contributed by atoms with E-state index in [2.05, 4.69) is 36.7 Å². The average molecular weight is 321 g/mol. The lowest BCUT2D eigenvalue weighted by molar-refractivity contribution is 0.104. The summed E-state index contributed by atoms with van der Waals surface area (Å²) in [7, 11) is 0. The molecule has 0 N–H and O–H groups in total. The summed E-state index contributed by atoms with van der Waals surface area (Å²) in [6.45, 7) is 5.55. The van der Waals surface area contributed by atoms with Crippen molar-refractivity contribution in [1.29, 1.82) is 0 Å². The van der Waals surface area contributed by atoms with E-state index >= 15 is 0 Å². The van der Waals surface area contributed by atoms with Crippen LogP contribution in [0.5, 0.6) is 0 Å². The van der Waals surface area contributed by atoms with Gasteiger partial charge in [-0.25, -0.2) is 0 Å². The van der Waals surface area contributed by atoms with Gasteiger partial charge in [-0.05, 0) is 28.8 Å². The number of fused-ring (bicyclic) bond motifs is 1. The molecule has 1 aliphatic heterocycles. The van der Waals surface area contributed by atoms with E-state index in [9.17, 15) is 4.79 Å². The first-order valence-electron chi connectivity index (χ1n) is 7.91. The highest BCUT2D eigenvalue weighted by molar-refractivity contribution is 7.12. The maximum Gasteiger partial charge on any atom is 0.205 e. The van der Waals surface area contributed by atoms with E-state index in [-0.39, 0.29) is 11.2 Å². The van der Waals surface area contributed by atoms with Crippen LogP contribution >= 0.6 is 11.3 Å². The Morgan fingerprint density at radius 1 is 1.13 bits per heavy atom. The summed E-state index contributed by atoms with van der Waals surface area (Å²) < 4.78 is 2.28. The van der Waals surface area contributed by atoms with Gasteiger partial charge in [-0.15, -0.1) is 11.3 Å². The molecule has 0 fully saturated rings. The first-order valence-corrected chi connectivity index (χ1v) is 8.79. The summed E-state index contributed by atoms with van der Waals surface area (Å²) in [5, 5.41) is 1.96. The molecule has 0 aliphatic carbocycles.